The maximum absolute atomic E-state index is 13.9. The minimum atomic E-state index is -0.914. The molecule has 0 spiro atoms. The van der Waals surface area contributed by atoms with E-state index in [1.807, 2.05) is 58.9 Å². The zero-order valence-electron chi connectivity index (χ0n) is 33.6. The summed E-state index contributed by atoms with van der Waals surface area (Å²) in [4.78, 5) is 58.7. The molecule has 0 atom stereocenters. The summed E-state index contributed by atoms with van der Waals surface area (Å²) in [5.41, 5.74) is 2.70. The number of imide groups is 1. The summed E-state index contributed by atoms with van der Waals surface area (Å²) in [6.45, 7) is 21.4. The molecule has 0 N–H and O–H groups in total. The van der Waals surface area contributed by atoms with Gasteiger partial charge in [-0.05, 0) is 129 Å². The van der Waals surface area contributed by atoms with E-state index in [9.17, 15) is 14.4 Å². The number of thiazole rings is 1. The second kappa shape index (κ2) is 15.6. The number of nitrogens with zero attached hydrogens (tertiary/aromatic N) is 5. The topological polar surface area (TPSA) is 133 Å². The first kappa shape index (κ1) is 40.6. The maximum Gasteiger partial charge on any atom is 0.425 e. The van der Waals surface area contributed by atoms with Crippen LogP contribution in [0.5, 0.6) is 0 Å². The zero-order chi connectivity index (χ0) is 39.7. The Hall–Kier alpha value is -4.62. The van der Waals surface area contributed by atoms with Gasteiger partial charge in [0.1, 0.15) is 21.8 Å². The van der Waals surface area contributed by atoms with Crippen molar-refractivity contribution in [3.63, 3.8) is 0 Å². The second-order valence-corrected chi connectivity index (χ2v) is 17.7. The lowest BCUT2D eigenvalue weighted by atomic mass is 9.96. The van der Waals surface area contributed by atoms with Gasteiger partial charge >= 0.3 is 18.3 Å². The van der Waals surface area contributed by atoms with E-state index in [0.29, 0.717) is 34.6 Å². The third-order valence-corrected chi connectivity index (χ3v) is 9.93. The van der Waals surface area contributed by atoms with E-state index in [0.717, 1.165) is 50.7 Å². The lowest BCUT2D eigenvalue weighted by Crippen LogP contribution is -2.44. The molecule has 0 radical (unpaired) electrons. The van der Waals surface area contributed by atoms with Gasteiger partial charge in [0.2, 0.25) is 0 Å². The Kier molecular flexibility index (Phi) is 11.7. The molecule has 1 aliphatic heterocycles. The number of ether oxygens (including phenoxy) is 4. The normalized spacial score (nSPS) is 14.1. The fourth-order valence-corrected chi connectivity index (χ4v) is 7.33. The van der Waals surface area contributed by atoms with E-state index in [-0.39, 0.29) is 18.3 Å². The van der Waals surface area contributed by atoms with Crippen LogP contribution in [0.25, 0.3) is 32.5 Å². The third-order valence-electron chi connectivity index (χ3n) is 8.64. The average molecular weight is 760 g/mol. The number of hydrogen-bond donors (Lipinski definition) is 0. The number of aromatic nitrogens is 3. The molecule has 1 aromatic carbocycles. The number of aryl methyl sites for hydroxylation is 1. The van der Waals surface area contributed by atoms with Crippen molar-refractivity contribution < 1.29 is 33.3 Å². The van der Waals surface area contributed by atoms with Gasteiger partial charge in [-0.15, -0.1) is 11.3 Å². The van der Waals surface area contributed by atoms with Crippen LogP contribution < -0.4 is 4.90 Å². The number of carbonyl (C=O) groups is 3. The number of rotatable bonds is 6. The number of carbonyl (C=O) groups excluding carboxylic acids is 3. The molecule has 1 fully saturated rings. The van der Waals surface area contributed by atoms with Gasteiger partial charge in [-0.2, -0.15) is 4.90 Å². The van der Waals surface area contributed by atoms with E-state index in [1.54, 1.807) is 72.3 Å². The van der Waals surface area contributed by atoms with Gasteiger partial charge in [-0.1, -0.05) is 12.1 Å². The molecule has 4 heterocycles. The fourth-order valence-electron chi connectivity index (χ4n) is 6.06. The predicted molar refractivity (Wildman–Crippen MR) is 211 cm³/mol. The minimum absolute atomic E-state index is 0.0635. The van der Waals surface area contributed by atoms with Gasteiger partial charge in [-0.25, -0.2) is 24.4 Å². The van der Waals surface area contributed by atoms with Crippen LogP contribution in [0.1, 0.15) is 103 Å². The first-order valence-corrected chi connectivity index (χ1v) is 19.1. The van der Waals surface area contributed by atoms with Crippen molar-refractivity contribution in [3.8, 4) is 21.7 Å². The van der Waals surface area contributed by atoms with E-state index >= 15 is 0 Å². The Bertz CT molecular complexity index is 2010. The van der Waals surface area contributed by atoms with Gasteiger partial charge < -0.3 is 23.8 Å². The van der Waals surface area contributed by atoms with Crippen LogP contribution >= 0.6 is 11.3 Å². The Morgan fingerprint density at radius 3 is 2.00 bits per heavy atom. The number of pyridine rings is 2. The molecule has 0 unspecified atom stereocenters. The highest BCUT2D eigenvalue weighted by Crippen LogP contribution is 2.42. The van der Waals surface area contributed by atoms with E-state index in [4.69, 9.17) is 28.9 Å². The Balaban J connectivity index is 1.73. The summed E-state index contributed by atoms with van der Waals surface area (Å²) in [6, 6.07) is 7.83. The SMILES string of the molecule is Cc1nccc(-c2ccc3c(-c4nc(CN(C)C(=O)OC(C)(C)C)c(C5CCOCC5)s4)cnc(N(C(=O)OC(C)(C)C)C(=O)OC(C)(C)C)c3c2)c1C. The van der Waals surface area contributed by atoms with E-state index < -0.39 is 35.1 Å². The largest absolute Gasteiger partial charge is 0.444 e. The highest BCUT2D eigenvalue weighted by atomic mass is 32.1. The van der Waals surface area contributed by atoms with Crippen molar-refractivity contribution in [2.45, 2.75) is 118 Å². The highest BCUT2D eigenvalue weighted by Gasteiger charge is 2.36. The van der Waals surface area contributed by atoms with Crippen LogP contribution in [-0.4, -0.2) is 75.2 Å². The smallest absolute Gasteiger partial charge is 0.425 e. The standard InChI is InChI=1S/C41H53N5O7S/c1-24-25(2)42-18-15-28(24)27-13-14-29-30(21-27)34(46(37(48)52-40(6,7)8)38(49)53-41(9,10)11)43-22-31(29)35-44-32(23-45(12)36(47)51-39(3,4)5)33(54-35)26-16-19-50-20-17-26/h13-15,18,21-22,26H,16-17,19-20,23H2,1-12H3. The lowest BCUT2D eigenvalue weighted by molar-refractivity contribution is 0.0280. The van der Waals surface area contributed by atoms with E-state index in [2.05, 4.69) is 4.98 Å². The second-order valence-electron chi connectivity index (χ2n) is 16.7. The van der Waals surface area contributed by atoms with Crippen molar-refractivity contribution in [2.24, 2.45) is 0 Å². The summed E-state index contributed by atoms with van der Waals surface area (Å²) in [5, 5.41) is 1.92. The predicted octanol–water partition coefficient (Wildman–Crippen LogP) is 9.97. The quantitative estimate of drug-likeness (QED) is 0.175. The third kappa shape index (κ3) is 9.72. The molecular weight excluding hydrogens is 707 g/mol. The van der Waals surface area contributed by atoms with Crippen LogP contribution in [-0.2, 0) is 25.5 Å². The molecule has 12 nitrogen and oxygen atoms in total. The van der Waals surface area contributed by atoms with Crippen LogP contribution in [0.2, 0.25) is 0 Å². The Morgan fingerprint density at radius 1 is 0.815 bits per heavy atom. The first-order chi connectivity index (χ1) is 25.1. The Morgan fingerprint density at radius 2 is 1.41 bits per heavy atom. The molecule has 1 saturated heterocycles. The van der Waals surface area contributed by atoms with E-state index in [1.165, 1.54) is 4.90 Å². The minimum Gasteiger partial charge on any atom is -0.444 e. The van der Waals surface area contributed by atoms with Gasteiger partial charge in [0.15, 0.2) is 5.82 Å². The zero-order valence-corrected chi connectivity index (χ0v) is 34.4. The summed E-state index contributed by atoms with van der Waals surface area (Å²) in [6.07, 6.45) is 2.79. The molecule has 3 amide bonds. The number of anilines is 1. The van der Waals surface area contributed by atoms with Crippen molar-refractivity contribution >= 4 is 46.2 Å². The number of fused-ring (bicyclic) bond motifs is 1. The molecule has 13 heteroatoms. The van der Waals surface area contributed by atoms with Crippen LogP contribution in [0.4, 0.5) is 20.2 Å². The van der Waals surface area contributed by atoms with Gasteiger partial charge in [0.25, 0.3) is 0 Å². The molecular formula is C41H53N5O7S. The fraction of sp³-hybridized carbons (Fsp3) is 0.512. The van der Waals surface area contributed by atoms with Crippen LogP contribution in [0.3, 0.4) is 0 Å². The van der Waals surface area contributed by atoms with Crippen LogP contribution in [0.15, 0.2) is 36.7 Å². The molecule has 5 rings (SSSR count). The van der Waals surface area contributed by atoms with Gasteiger partial charge in [-0.3, -0.25) is 4.98 Å². The molecule has 290 valence electrons. The first-order valence-electron chi connectivity index (χ1n) is 18.2. The number of benzene rings is 1. The molecule has 0 saturated carbocycles. The molecule has 0 bridgehead atoms. The van der Waals surface area contributed by atoms with Gasteiger partial charge in [0, 0.05) is 54.2 Å². The molecule has 54 heavy (non-hydrogen) atoms. The number of amides is 3. The molecule has 0 aliphatic carbocycles. The van der Waals surface area contributed by atoms with Crippen molar-refractivity contribution in [1.29, 1.82) is 0 Å². The Labute approximate surface area is 322 Å². The summed E-state index contributed by atoms with van der Waals surface area (Å²) >= 11 is 1.56. The summed E-state index contributed by atoms with van der Waals surface area (Å²) in [7, 11) is 1.71. The molecule has 3 aromatic heterocycles. The maximum atomic E-state index is 13.9. The summed E-state index contributed by atoms with van der Waals surface area (Å²) in [5.74, 6) is 0.262. The average Bonchev–Trinajstić information content (AvgIpc) is 3.47. The highest BCUT2D eigenvalue weighted by molar-refractivity contribution is 7.15. The summed E-state index contributed by atoms with van der Waals surface area (Å²) < 4.78 is 22.8. The lowest BCUT2D eigenvalue weighted by Gasteiger charge is -2.28. The van der Waals surface area contributed by atoms with Crippen molar-refractivity contribution in [2.75, 3.05) is 25.2 Å². The monoisotopic (exact) mass is 759 g/mol. The number of hydrogen-bond acceptors (Lipinski definition) is 11. The van der Waals surface area contributed by atoms with Gasteiger partial charge in [0.05, 0.1) is 12.2 Å². The molecule has 4 aromatic rings. The van der Waals surface area contributed by atoms with Crippen molar-refractivity contribution in [3.05, 3.63) is 58.5 Å². The van der Waals surface area contributed by atoms with Crippen molar-refractivity contribution in [1.82, 2.24) is 19.9 Å². The molecule has 1 aliphatic rings. The van der Waals surface area contributed by atoms with Crippen LogP contribution in [0, 0.1) is 13.8 Å².